The summed E-state index contributed by atoms with van der Waals surface area (Å²) in [5.41, 5.74) is 1.81. The molecule has 2 aromatic carbocycles. The van der Waals surface area contributed by atoms with Gasteiger partial charge in [-0.15, -0.1) is 0 Å². The van der Waals surface area contributed by atoms with Crippen LogP contribution in [0.15, 0.2) is 82.4 Å². The highest BCUT2D eigenvalue weighted by molar-refractivity contribution is 9.10. The molecule has 0 aliphatic heterocycles. The molecule has 4 rings (SSSR count). The summed E-state index contributed by atoms with van der Waals surface area (Å²) in [6, 6.07) is 17.0. The van der Waals surface area contributed by atoms with Gasteiger partial charge in [-0.2, -0.15) is 0 Å². The van der Waals surface area contributed by atoms with Crippen molar-refractivity contribution < 1.29 is 13.2 Å². The van der Waals surface area contributed by atoms with Crippen LogP contribution in [-0.2, 0) is 16.6 Å². The smallest absolute Gasteiger partial charge is 0.261 e. The van der Waals surface area contributed by atoms with Crippen LogP contribution in [-0.4, -0.2) is 30.3 Å². The molecule has 1 fully saturated rings. The molecule has 1 aromatic heterocycles. The summed E-state index contributed by atoms with van der Waals surface area (Å²) >= 11 is 3.30. The number of anilines is 1. The number of nitrogens with zero attached hydrogens (tertiary/aromatic N) is 2. The van der Waals surface area contributed by atoms with Crippen molar-refractivity contribution in [3.63, 3.8) is 0 Å². The van der Waals surface area contributed by atoms with Gasteiger partial charge in [0, 0.05) is 40.7 Å². The summed E-state index contributed by atoms with van der Waals surface area (Å²) in [5, 5.41) is 0. The summed E-state index contributed by atoms with van der Waals surface area (Å²) in [7, 11) is -3.75. The number of halogens is 1. The highest BCUT2D eigenvalue weighted by Crippen LogP contribution is 2.30. The van der Waals surface area contributed by atoms with E-state index in [1.807, 2.05) is 17.0 Å². The number of rotatable bonds is 7. The van der Waals surface area contributed by atoms with Crippen molar-refractivity contribution in [1.29, 1.82) is 0 Å². The molecule has 0 saturated heterocycles. The molecule has 1 aliphatic carbocycles. The average Bonchev–Trinajstić information content (AvgIpc) is 3.58. The van der Waals surface area contributed by atoms with Crippen molar-refractivity contribution in [2.45, 2.75) is 30.3 Å². The summed E-state index contributed by atoms with van der Waals surface area (Å²) < 4.78 is 28.7. The third-order valence-electron chi connectivity index (χ3n) is 4.84. The molecular weight excluding hydrogens is 466 g/mol. The van der Waals surface area contributed by atoms with Crippen molar-refractivity contribution >= 4 is 37.5 Å². The monoisotopic (exact) mass is 485 g/mol. The highest BCUT2D eigenvalue weighted by Gasteiger charge is 2.33. The Morgan fingerprint density at radius 3 is 2.43 bits per heavy atom. The SMILES string of the molecule is O=C(c1cccc(NS(=O)(=O)c2ccc(Br)cc2)c1)N(Cc1ccncc1)C1CC1. The number of carbonyl (C=O) groups excluding carboxylic acids is 1. The zero-order chi connectivity index (χ0) is 21.1. The van der Waals surface area contributed by atoms with Gasteiger partial charge in [0.05, 0.1) is 4.90 Å². The normalized spacial score (nSPS) is 13.6. The quantitative estimate of drug-likeness (QED) is 0.535. The van der Waals surface area contributed by atoms with Crippen LogP contribution in [0.5, 0.6) is 0 Å². The molecule has 3 aromatic rings. The molecule has 1 heterocycles. The molecule has 0 unspecified atom stereocenters. The maximum absolute atomic E-state index is 13.2. The number of hydrogen-bond acceptors (Lipinski definition) is 4. The van der Waals surface area contributed by atoms with E-state index in [9.17, 15) is 13.2 Å². The molecule has 0 radical (unpaired) electrons. The lowest BCUT2D eigenvalue weighted by molar-refractivity contribution is 0.0730. The number of nitrogens with one attached hydrogen (secondary N) is 1. The maximum atomic E-state index is 13.2. The van der Waals surface area contributed by atoms with Crippen LogP contribution in [0.2, 0.25) is 0 Å². The Bertz CT molecular complexity index is 1150. The van der Waals surface area contributed by atoms with Gasteiger partial charge in [-0.25, -0.2) is 8.42 Å². The highest BCUT2D eigenvalue weighted by atomic mass is 79.9. The molecular formula is C22H20BrN3O3S. The van der Waals surface area contributed by atoms with Crippen molar-refractivity contribution in [2.75, 3.05) is 4.72 Å². The second-order valence-corrected chi connectivity index (χ2v) is 9.76. The molecule has 30 heavy (non-hydrogen) atoms. The fraction of sp³-hybridized carbons (Fsp3) is 0.182. The number of carbonyl (C=O) groups is 1. The van der Waals surface area contributed by atoms with E-state index in [1.165, 1.54) is 12.1 Å². The van der Waals surface area contributed by atoms with Gasteiger partial charge in [0.1, 0.15) is 0 Å². The van der Waals surface area contributed by atoms with E-state index in [2.05, 4.69) is 25.6 Å². The number of benzene rings is 2. The Balaban J connectivity index is 1.54. The van der Waals surface area contributed by atoms with Crippen LogP contribution in [0.1, 0.15) is 28.8 Å². The number of pyridine rings is 1. The van der Waals surface area contributed by atoms with E-state index < -0.39 is 10.0 Å². The maximum Gasteiger partial charge on any atom is 0.261 e. The Morgan fingerprint density at radius 2 is 1.77 bits per heavy atom. The minimum Gasteiger partial charge on any atom is -0.331 e. The first-order valence-corrected chi connectivity index (χ1v) is 11.8. The Labute approximate surface area is 184 Å². The predicted octanol–water partition coefficient (Wildman–Crippen LogP) is 4.45. The Hall–Kier alpha value is -2.71. The van der Waals surface area contributed by atoms with Crippen LogP contribution < -0.4 is 4.72 Å². The van der Waals surface area contributed by atoms with Gasteiger partial charge >= 0.3 is 0 Å². The van der Waals surface area contributed by atoms with E-state index in [0.717, 1.165) is 22.9 Å². The van der Waals surface area contributed by atoms with E-state index in [1.54, 1.807) is 48.8 Å². The van der Waals surface area contributed by atoms with Gasteiger partial charge in [-0.1, -0.05) is 22.0 Å². The van der Waals surface area contributed by atoms with Gasteiger partial charge < -0.3 is 4.90 Å². The van der Waals surface area contributed by atoms with E-state index in [4.69, 9.17) is 0 Å². The van der Waals surface area contributed by atoms with Gasteiger partial charge in [0.2, 0.25) is 0 Å². The number of hydrogen-bond donors (Lipinski definition) is 1. The minimum atomic E-state index is -3.75. The van der Waals surface area contributed by atoms with Crippen molar-refractivity contribution in [3.05, 3.63) is 88.7 Å². The van der Waals surface area contributed by atoms with Gasteiger partial charge in [0.15, 0.2) is 0 Å². The predicted molar refractivity (Wildman–Crippen MR) is 119 cm³/mol. The van der Waals surface area contributed by atoms with Crippen LogP contribution in [0.4, 0.5) is 5.69 Å². The summed E-state index contributed by atoms with van der Waals surface area (Å²) in [5.74, 6) is -0.112. The topological polar surface area (TPSA) is 79.4 Å². The van der Waals surface area contributed by atoms with Gasteiger partial charge in [-0.3, -0.25) is 14.5 Å². The molecule has 154 valence electrons. The van der Waals surface area contributed by atoms with Crippen LogP contribution in [0.3, 0.4) is 0 Å². The second-order valence-electron chi connectivity index (χ2n) is 7.16. The Kier molecular flexibility index (Phi) is 5.87. The van der Waals surface area contributed by atoms with E-state index >= 15 is 0 Å². The van der Waals surface area contributed by atoms with Crippen LogP contribution >= 0.6 is 15.9 Å². The molecule has 0 atom stereocenters. The zero-order valence-electron chi connectivity index (χ0n) is 16.0. The molecule has 1 aliphatic rings. The fourth-order valence-corrected chi connectivity index (χ4v) is 4.46. The lowest BCUT2D eigenvalue weighted by atomic mass is 10.1. The lowest BCUT2D eigenvalue weighted by Gasteiger charge is -2.23. The van der Waals surface area contributed by atoms with Crippen LogP contribution in [0.25, 0.3) is 0 Å². The standard InChI is InChI=1S/C22H20BrN3O3S/c23-18-4-8-21(9-5-18)30(28,29)25-19-3-1-2-17(14-19)22(27)26(20-6-7-20)15-16-10-12-24-13-11-16/h1-5,8-14,20,25H,6-7,15H2. The first-order valence-electron chi connectivity index (χ1n) is 9.51. The third kappa shape index (κ3) is 4.88. The number of aromatic nitrogens is 1. The lowest BCUT2D eigenvalue weighted by Crippen LogP contribution is -2.32. The number of amides is 1. The van der Waals surface area contributed by atoms with Crippen molar-refractivity contribution in [2.24, 2.45) is 0 Å². The molecule has 0 spiro atoms. The summed E-state index contributed by atoms with van der Waals surface area (Å²) in [6.07, 6.45) is 5.38. The second kappa shape index (κ2) is 8.57. The number of sulfonamides is 1. The molecule has 8 heteroatoms. The van der Waals surface area contributed by atoms with Gasteiger partial charge in [-0.05, 0) is 73.0 Å². The minimum absolute atomic E-state index is 0.112. The fourth-order valence-electron chi connectivity index (χ4n) is 3.15. The molecule has 1 saturated carbocycles. The molecule has 1 N–H and O–H groups in total. The largest absolute Gasteiger partial charge is 0.331 e. The van der Waals surface area contributed by atoms with E-state index in [0.29, 0.717) is 17.8 Å². The van der Waals surface area contributed by atoms with E-state index in [-0.39, 0.29) is 16.8 Å². The molecule has 0 bridgehead atoms. The summed E-state index contributed by atoms with van der Waals surface area (Å²) in [4.78, 5) is 19.2. The van der Waals surface area contributed by atoms with Crippen molar-refractivity contribution in [1.82, 2.24) is 9.88 Å². The zero-order valence-corrected chi connectivity index (χ0v) is 18.4. The molecule has 1 amide bonds. The molecule has 6 nitrogen and oxygen atoms in total. The van der Waals surface area contributed by atoms with Crippen molar-refractivity contribution in [3.8, 4) is 0 Å². The van der Waals surface area contributed by atoms with Crippen LogP contribution in [0, 0.1) is 0 Å². The third-order valence-corrected chi connectivity index (χ3v) is 6.76. The summed E-state index contributed by atoms with van der Waals surface area (Å²) in [6.45, 7) is 0.501. The Morgan fingerprint density at radius 1 is 1.07 bits per heavy atom. The first kappa shape index (κ1) is 20.6. The first-order chi connectivity index (χ1) is 14.4. The average molecular weight is 486 g/mol. The van der Waals surface area contributed by atoms with Gasteiger partial charge in [0.25, 0.3) is 15.9 Å².